The predicted molar refractivity (Wildman–Crippen MR) is 132 cm³/mol. The van der Waals surface area contributed by atoms with Gasteiger partial charge in [-0.25, -0.2) is 23.4 Å². The number of aryl methyl sites for hydroxylation is 1. The minimum absolute atomic E-state index is 0.0339. The van der Waals surface area contributed by atoms with Crippen LogP contribution in [0.4, 0.5) is 19.0 Å². The molecule has 1 aliphatic rings. The summed E-state index contributed by atoms with van der Waals surface area (Å²) in [4.78, 5) is 13.9. The molecule has 2 unspecified atom stereocenters. The van der Waals surface area contributed by atoms with Crippen molar-refractivity contribution in [3.8, 4) is 5.88 Å². The average molecular weight is 536 g/mol. The normalized spacial score (nSPS) is 20.6. The zero-order valence-corrected chi connectivity index (χ0v) is 21.4. The second kappa shape index (κ2) is 10.6. The first-order valence-corrected chi connectivity index (χ1v) is 13.2. The number of sulfonamides is 1. The number of hydrogen-bond acceptors (Lipinski definition) is 7. The number of aromatic nitrogens is 3. The molecular formula is C25H28F3N5O3S. The van der Waals surface area contributed by atoms with Crippen LogP contribution in [0.25, 0.3) is 0 Å². The summed E-state index contributed by atoms with van der Waals surface area (Å²) >= 11 is 0. The summed E-state index contributed by atoms with van der Waals surface area (Å²) in [6, 6.07) is 8.36. The van der Waals surface area contributed by atoms with Crippen molar-refractivity contribution >= 4 is 15.8 Å². The van der Waals surface area contributed by atoms with E-state index in [2.05, 4.69) is 19.7 Å². The Morgan fingerprint density at radius 1 is 1.11 bits per heavy atom. The number of nitrogens with one attached hydrogen (secondary N) is 1. The van der Waals surface area contributed by atoms with Crippen LogP contribution in [0.2, 0.25) is 0 Å². The number of hydrogen-bond donors (Lipinski definition) is 1. The highest BCUT2D eigenvalue weighted by Crippen LogP contribution is 2.39. The minimum atomic E-state index is -4.38. The Bertz CT molecular complexity index is 1340. The molecule has 198 valence electrons. The Kier molecular flexibility index (Phi) is 7.69. The molecule has 1 aromatic carbocycles. The molecular weight excluding hydrogens is 507 g/mol. The van der Waals surface area contributed by atoms with Gasteiger partial charge in [0.05, 0.1) is 11.8 Å². The van der Waals surface area contributed by atoms with Crippen molar-refractivity contribution in [3.63, 3.8) is 0 Å². The number of pyridine rings is 1. The summed E-state index contributed by atoms with van der Waals surface area (Å²) in [5, 5.41) is 0. The third-order valence-electron chi connectivity index (χ3n) is 6.50. The van der Waals surface area contributed by atoms with Gasteiger partial charge in [-0.15, -0.1) is 0 Å². The van der Waals surface area contributed by atoms with Crippen LogP contribution in [0.5, 0.6) is 5.88 Å². The molecule has 1 saturated carbocycles. The average Bonchev–Trinajstić information content (AvgIpc) is 2.85. The van der Waals surface area contributed by atoms with Gasteiger partial charge in [-0.2, -0.15) is 13.2 Å². The molecule has 3 aromatic rings. The lowest BCUT2D eigenvalue weighted by atomic mass is 9.79. The van der Waals surface area contributed by atoms with Crippen LogP contribution in [0.3, 0.4) is 0 Å². The van der Waals surface area contributed by atoms with Crippen LogP contribution in [0.15, 0.2) is 60.0 Å². The lowest BCUT2D eigenvalue weighted by Crippen LogP contribution is -2.46. The maximum atomic E-state index is 13.2. The zero-order valence-electron chi connectivity index (χ0n) is 20.6. The van der Waals surface area contributed by atoms with E-state index in [1.807, 2.05) is 19.0 Å². The van der Waals surface area contributed by atoms with Gasteiger partial charge in [0.2, 0.25) is 5.88 Å². The van der Waals surface area contributed by atoms with Crippen molar-refractivity contribution in [2.45, 2.75) is 55.3 Å². The molecule has 2 aromatic heterocycles. The molecule has 8 nitrogen and oxygen atoms in total. The van der Waals surface area contributed by atoms with Crippen molar-refractivity contribution in [2.75, 3.05) is 18.8 Å². The van der Waals surface area contributed by atoms with Crippen molar-refractivity contribution in [1.82, 2.24) is 19.9 Å². The molecule has 1 fully saturated rings. The number of alkyl halides is 3. The summed E-state index contributed by atoms with van der Waals surface area (Å²) in [7, 11) is -0.0944. The van der Waals surface area contributed by atoms with Gasteiger partial charge in [-0.05, 0) is 70.0 Å². The molecule has 12 heteroatoms. The fraction of sp³-hybridized carbons (Fsp3) is 0.400. The zero-order chi connectivity index (χ0) is 26.8. The van der Waals surface area contributed by atoms with Crippen LogP contribution in [0.1, 0.15) is 41.9 Å². The summed E-state index contributed by atoms with van der Waals surface area (Å²) in [5.41, 5.74) is 0.567. The van der Waals surface area contributed by atoms with Crippen LogP contribution in [0, 0.1) is 6.92 Å². The van der Waals surface area contributed by atoms with Gasteiger partial charge in [0.15, 0.2) is 0 Å². The molecule has 37 heavy (non-hydrogen) atoms. The molecule has 3 atom stereocenters. The number of nitrogens with zero attached hydrogens (tertiary/aromatic N) is 4. The molecule has 1 N–H and O–H groups in total. The lowest BCUT2D eigenvalue weighted by Gasteiger charge is -2.40. The van der Waals surface area contributed by atoms with Gasteiger partial charge in [0, 0.05) is 17.8 Å². The van der Waals surface area contributed by atoms with E-state index in [1.165, 1.54) is 43.0 Å². The highest BCUT2D eigenvalue weighted by molar-refractivity contribution is 7.92. The van der Waals surface area contributed by atoms with Crippen molar-refractivity contribution in [3.05, 3.63) is 71.8 Å². The van der Waals surface area contributed by atoms with Crippen molar-refractivity contribution in [1.29, 1.82) is 0 Å². The van der Waals surface area contributed by atoms with Gasteiger partial charge >= 0.3 is 6.18 Å². The highest BCUT2D eigenvalue weighted by atomic mass is 32.2. The number of benzene rings is 1. The first-order valence-electron chi connectivity index (χ1n) is 11.7. The quantitative estimate of drug-likeness (QED) is 0.471. The molecule has 4 rings (SSSR count). The number of anilines is 1. The third kappa shape index (κ3) is 6.37. The van der Waals surface area contributed by atoms with Crippen LogP contribution < -0.4 is 9.46 Å². The van der Waals surface area contributed by atoms with E-state index in [1.54, 1.807) is 13.0 Å². The van der Waals surface area contributed by atoms with E-state index in [-0.39, 0.29) is 28.8 Å². The molecule has 0 amide bonds. The van der Waals surface area contributed by atoms with Gasteiger partial charge in [-0.1, -0.05) is 18.2 Å². The van der Waals surface area contributed by atoms with Crippen LogP contribution in [-0.2, 0) is 16.2 Å². The Morgan fingerprint density at radius 2 is 1.89 bits per heavy atom. The van der Waals surface area contributed by atoms with Gasteiger partial charge in [0.25, 0.3) is 10.0 Å². The highest BCUT2D eigenvalue weighted by Gasteiger charge is 2.36. The number of halogens is 3. The largest absolute Gasteiger partial charge is 0.472 e. The smallest absolute Gasteiger partial charge is 0.416 e. The third-order valence-corrected chi connectivity index (χ3v) is 7.82. The minimum Gasteiger partial charge on any atom is -0.472 e. The Labute approximate surface area is 214 Å². The Hall–Kier alpha value is -3.25. The van der Waals surface area contributed by atoms with E-state index < -0.39 is 21.8 Å². The van der Waals surface area contributed by atoms with Crippen LogP contribution >= 0.6 is 0 Å². The van der Waals surface area contributed by atoms with E-state index in [9.17, 15) is 21.6 Å². The van der Waals surface area contributed by atoms with Gasteiger partial charge < -0.3 is 9.64 Å². The lowest BCUT2D eigenvalue weighted by molar-refractivity contribution is -0.137. The first kappa shape index (κ1) is 26.8. The summed E-state index contributed by atoms with van der Waals surface area (Å²) in [6.07, 6.45) is 1.13. The van der Waals surface area contributed by atoms with E-state index in [0.717, 1.165) is 6.07 Å². The fourth-order valence-electron chi connectivity index (χ4n) is 4.57. The monoisotopic (exact) mass is 535 g/mol. The molecule has 0 saturated heterocycles. The van der Waals surface area contributed by atoms with Crippen molar-refractivity contribution < 1.29 is 26.3 Å². The topological polar surface area (TPSA) is 97.3 Å². The Morgan fingerprint density at radius 3 is 2.54 bits per heavy atom. The van der Waals surface area contributed by atoms with E-state index in [0.29, 0.717) is 36.3 Å². The van der Waals surface area contributed by atoms with E-state index in [4.69, 9.17) is 4.74 Å². The van der Waals surface area contributed by atoms with E-state index >= 15 is 0 Å². The maximum absolute atomic E-state index is 13.2. The summed E-state index contributed by atoms with van der Waals surface area (Å²) in [5.74, 6) is 0.415. The summed E-state index contributed by atoms with van der Waals surface area (Å²) < 4.78 is 73.7. The van der Waals surface area contributed by atoms with Crippen molar-refractivity contribution in [2.24, 2.45) is 0 Å². The number of ether oxygens (including phenoxy) is 1. The first-order chi connectivity index (χ1) is 17.4. The van der Waals surface area contributed by atoms with Crippen LogP contribution in [-0.4, -0.2) is 54.5 Å². The molecule has 0 bridgehead atoms. The molecule has 1 aliphatic carbocycles. The Balaban J connectivity index is 1.48. The predicted octanol–water partition coefficient (Wildman–Crippen LogP) is 4.64. The molecule has 2 heterocycles. The van der Waals surface area contributed by atoms with Gasteiger partial charge in [0.1, 0.15) is 23.1 Å². The van der Waals surface area contributed by atoms with Gasteiger partial charge in [-0.3, -0.25) is 4.72 Å². The summed E-state index contributed by atoms with van der Waals surface area (Å²) in [6.45, 7) is 1.71. The fourth-order valence-corrected chi connectivity index (χ4v) is 5.61. The maximum Gasteiger partial charge on any atom is 0.416 e. The molecule has 0 spiro atoms. The second-order valence-corrected chi connectivity index (χ2v) is 11.0. The molecule has 0 radical (unpaired) electrons. The SMILES string of the molecule is Cc1cc(S(=O)(=O)Nc2ccncn2)cnc1O[C@H]1CCC(c2cccc(C(F)(F)F)c2)CC1N(C)C. The number of rotatable bonds is 7. The molecule has 0 aliphatic heterocycles. The second-order valence-electron chi connectivity index (χ2n) is 9.31. The standard InChI is InChI=1S/C25H28F3N5O3S/c1-16-11-20(37(34,35)32-23-9-10-29-15-31-23)14-30-24(16)36-22-8-7-18(13-21(22)33(2)3)17-5-4-6-19(12-17)25(26,27)28/h4-6,9-12,14-15,18,21-22H,7-8,13H2,1-3H3,(H,29,31,32)/t18?,21?,22-/m0/s1. The number of likely N-dealkylation sites (N-methyl/N-ethyl adjacent to an activating group) is 1.